The van der Waals surface area contributed by atoms with Crippen LogP contribution >= 0.6 is 46.4 Å². The van der Waals surface area contributed by atoms with E-state index in [-0.39, 0.29) is 50.1 Å². The fourth-order valence-corrected chi connectivity index (χ4v) is 7.44. The average Bonchev–Trinajstić information content (AvgIpc) is 2.96. The van der Waals surface area contributed by atoms with Crippen molar-refractivity contribution in [3.05, 3.63) is 66.6 Å². The Hall–Kier alpha value is -3.18. The maximum atomic E-state index is 13.1. The zero-order chi connectivity index (χ0) is 34.1. The van der Waals surface area contributed by atoms with E-state index in [1.54, 1.807) is 38.1 Å². The molecule has 0 amide bonds. The van der Waals surface area contributed by atoms with Crippen LogP contribution in [0, 0.1) is 17.8 Å². The quantitative estimate of drug-likeness (QED) is 0.0691. The molecule has 0 aromatic heterocycles. The largest absolute Gasteiger partial charge is 0.400 e. The van der Waals surface area contributed by atoms with Gasteiger partial charge in [0, 0.05) is 85.4 Å². The summed E-state index contributed by atoms with van der Waals surface area (Å²) in [6, 6.07) is 6.23. The predicted molar refractivity (Wildman–Crippen MR) is 165 cm³/mol. The fourth-order valence-electron chi connectivity index (χ4n) is 6.25. The summed E-state index contributed by atoms with van der Waals surface area (Å²) in [5.41, 5.74) is 1.33. The molecule has 14 heteroatoms. The molecule has 2 aliphatic rings. The normalized spacial score (nSPS) is 16.1. The Morgan fingerprint density at radius 3 is 0.870 bits per heavy atom. The lowest BCUT2D eigenvalue weighted by Gasteiger charge is -2.27. The Morgan fingerprint density at radius 2 is 0.696 bits per heavy atom. The van der Waals surface area contributed by atoms with E-state index in [9.17, 15) is 45.5 Å². The number of carbonyl (C=O) groups excluding carboxylic acids is 4. The van der Waals surface area contributed by atoms with Gasteiger partial charge in [-0.05, 0) is 45.0 Å². The molecule has 0 aliphatic heterocycles. The van der Waals surface area contributed by atoms with Gasteiger partial charge in [-0.3, -0.25) is 19.2 Å². The van der Waals surface area contributed by atoms with Crippen molar-refractivity contribution < 1.29 is 45.5 Å². The summed E-state index contributed by atoms with van der Waals surface area (Å²) in [6.07, 6.45) is -10.4. The van der Waals surface area contributed by atoms with Crippen LogP contribution in [0.1, 0.15) is 62.2 Å². The minimum absolute atomic E-state index is 0.0833. The van der Waals surface area contributed by atoms with E-state index in [0.717, 1.165) is 0 Å². The molecular formula is C32H16Cl4F6O4. The molecule has 46 heavy (non-hydrogen) atoms. The van der Waals surface area contributed by atoms with Crippen LogP contribution < -0.4 is 0 Å². The van der Waals surface area contributed by atoms with E-state index in [4.69, 9.17) is 46.4 Å². The maximum Gasteiger partial charge on any atom is 0.400 e. The number of fused-ring (bicyclic) bond motifs is 2. The van der Waals surface area contributed by atoms with Gasteiger partial charge in [-0.15, -0.1) is 0 Å². The van der Waals surface area contributed by atoms with Gasteiger partial charge in [0.05, 0.1) is 11.8 Å². The lowest BCUT2D eigenvalue weighted by molar-refractivity contribution is -0.278. The monoisotopic (exact) mass is 718 g/mol. The van der Waals surface area contributed by atoms with Crippen LogP contribution in [-0.2, 0) is 0 Å². The highest BCUT2D eigenvalue weighted by Crippen LogP contribution is 2.54. The molecule has 0 unspecified atom stereocenters. The molecule has 0 fully saturated rings. The van der Waals surface area contributed by atoms with Crippen molar-refractivity contribution in [2.75, 3.05) is 0 Å². The third-order valence-corrected chi connectivity index (χ3v) is 9.93. The first-order valence-electron chi connectivity index (χ1n) is 13.5. The summed E-state index contributed by atoms with van der Waals surface area (Å²) in [4.78, 5) is 52.6. The topological polar surface area (TPSA) is 68.3 Å². The number of hydrogen-bond acceptors (Lipinski definition) is 4. The van der Waals surface area contributed by atoms with Gasteiger partial charge in [-0.2, -0.15) is 26.3 Å². The number of rotatable bonds is 0. The Labute approximate surface area is 274 Å². The summed E-state index contributed by atoms with van der Waals surface area (Å²) >= 11 is 27.3. The SMILES string of the molecule is CC(C(F)(F)F)C(F)(F)F.CC1C(=O)c2cc(Cl)c3c4c(Cl)cc5c6c(cc(Cl)c(c7c(Cl)cc(c2c37)C1=O)c64)C(=O)C(C)C5=O. The molecule has 0 saturated heterocycles. The van der Waals surface area contributed by atoms with Crippen molar-refractivity contribution in [2.24, 2.45) is 17.8 Å². The first-order chi connectivity index (χ1) is 21.2. The first-order valence-corrected chi connectivity index (χ1v) is 15.0. The molecule has 0 atom stereocenters. The van der Waals surface area contributed by atoms with Crippen LogP contribution in [0.4, 0.5) is 26.3 Å². The van der Waals surface area contributed by atoms with Gasteiger partial charge in [0.15, 0.2) is 23.1 Å². The smallest absolute Gasteiger partial charge is 0.293 e. The van der Waals surface area contributed by atoms with Gasteiger partial charge < -0.3 is 0 Å². The van der Waals surface area contributed by atoms with E-state index < -0.39 is 30.1 Å². The lowest BCUT2D eigenvalue weighted by atomic mass is 9.75. The number of Topliss-reactive ketones (excluding diaryl/α,β-unsaturated/α-hetero) is 4. The summed E-state index contributed by atoms with van der Waals surface area (Å²) < 4.78 is 67.4. The second-order valence-corrected chi connectivity index (χ2v) is 13.0. The van der Waals surface area contributed by atoms with Gasteiger partial charge in [0.2, 0.25) is 0 Å². The summed E-state index contributed by atoms with van der Waals surface area (Å²) in [6.45, 7) is 3.21. The van der Waals surface area contributed by atoms with Crippen LogP contribution in [0.5, 0.6) is 0 Å². The zero-order valence-corrected chi connectivity index (χ0v) is 26.5. The van der Waals surface area contributed by atoms with E-state index in [1.807, 2.05) is 0 Å². The molecule has 0 heterocycles. The van der Waals surface area contributed by atoms with Crippen LogP contribution in [0.15, 0.2) is 24.3 Å². The highest BCUT2D eigenvalue weighted by molar-refractivity contribution is 6.56. The zero-order valence-electron chi connectivity index (χ0n) is 23.5. The Bertz CT molecular complexity index is 1970. The standard InChI is InChI=1S/C28H12Cl4O4.C4H4F6/c1-7-25(33)9-3-13(29)19-21-15(31)5-11-18-12(28(36)8(2)27(11)35)6-16(32)22(24(18)21)20-14(30)4-10(26(7)34)17(9)23(19)20;1-2(3(5,6)7)4(8,9)10/h3-8H,1-2H3;2H,1H3. The van der Waals surface area contributed by atoms with E-state index in [2.05, 4.69) is 0 Å². The number of alkyl halides is 6. The molecule has 7 rings (SSSR count). The van der Waals surface area contributed by atoms with Crippen LogP contribution in [0.3, 0.4) is 0 Å². The number of benzene rings is 5. The molecule has 2 aliphatic carbocycles. The van der Waals surface area contributed by atoms with E-state index >= 15 is 0 Å². The lowest BCUT2D eigenvalue weighted by Crippen LogP contribution is -2.33. The molecule has 5 aromatic rings. The molecule has 0 radical (unpaired) electrons. The van der Waals surface area contributed by atoms with E-state index in [1.165, 1.54) is 0 Å². The van der Waals surface area contributed by atoms with Crippen LogP contribution in [-0.4, -0.2) is 35.5 Å². The molecule has 0 bridgehead atoms. The van der Waals surface area contributed by atoms with Crippen molar-refractivity contribution in [3.8, 4) is 0 Å². The molecule has 0 spiro atoms. The van der Waals surface area contributed by atoms with Crippen molar-refractivity contribution >= 4 is 113 Å². The first kappa shape index (κ1) is 32.7. The minimum atomic E-state index is -5.18. The minimum Gasteiger partial charge on any atom is -0.293 e. The van der Waals surface area contributed by atoms with Crippen molar-refractivity contribution in [1.82, 2.24) is 0 Å². The number of halogens is 10. The van der Waals surface area contributed by atoms with Gasteiger partial charge >= 0.3 is 12.4 Å². The highest BCUT2D eigenvalue weighted by atomic mass is 35.5. The van der Waals surface area contributed by atoms with Crippen molar-refractivity contribution in [1.29, 1.82) is 0 Å². The van der Waals surface area contributed by atoms with Gasteiger partial charge in [-0.25, -0.2) is 0 Å². The van der Waals surface area contributed by atoms with Crippen LogP contribution in [0.25, 0.3) is 43.1 Å². The fraction of sp³-hybridized carbons (Fsp3) is 0.250. The predicted octanol–water partition coefficient (Wildman–Crippen LogP) is 11.1. The average molecular weight is 720 g/mol. The highest BCUT2D eigenvalue weighted by Gasteiger charge is 2.53. The molecule has 0 N–H and O–H groups in total. The van der Waals surface area contributed by atoms with Crippen molar-refractivity contribution in [3.63, 3.8) is 0 Å². The molecule has 0 saturated carbocycles. The molecular weight excluding hydrogens is 704 g/mol. The van der Waals surface area contributed by atoms with Crippen LogP contribution in [0.2, 0.25) is 20.1 Å². The second-order valence-electron chi connectivity index (χ2n) is 11.3. The van der Waals surface area contributed by atoms with Gasteiger partial charge in [0.25, 0.3) is 0 Å². The number of carbonyl (C=O) groups is 4. The summed E-state index contributed by atoms with van der Waals surface area (Å²) in [7, 11) is 0. The Morgan fingerprint density at radius 1 is 0.478 bits per heavy atom. The second kappa shape index (κ2) is 10.4. The Balaban J connectivity index is 0.000000324. The molecule has 238 valence electrons. The van der Waals surface area contributed by atoms with E-state index in [0.29, 0.717) is 65.3 Å². The number of hydrogen-bond donors (Lipinski definition) is 0. The summed E-state index contributed by atoms with van der Waals surface area (Å²) in [5.74, 6) is -6.27. The molecule has 5 aromatic carbocycles. The third kappa shape index (κ3) is 4.43. The Kier molecular flexibility index (Phi) is 7.41. The van der Waals surface area contributed by atoms with Crippen molar-refractivity contribution in [2.45, 2.75) is 33.1 Å². The maximum absolute atomic E-state index is 13.1. The van der Waals surface area contributed by atoms with Gasteiger partial charge in [-0.1, -0.05) is 46.4 Å². The van der Waals surface area contributed by atoms with Gasteiger partial charge in [0.1, 0.15) is 5.92 Å². The number of ketones is 4. The third-order valence-electron chi connectivity index (χ3n) is 8.73. The molecule has 4 nitrogen and oxygen atoms in total. The summed E-state index contributed by atoms with van der Waals surface area (Å²) in [5, 5.41) is 4.84.